The first-order valence-electron chi connectivity index (χ1n) is 5.04. The van der Waals surface area contributed by atoms with Crippen molar-refractivity contribution in [2.75, 3.05) is 0 Å². The van der Waals surface area contributed by atoms with Crippen LogP contribution in [0.4, 0.5) is 0 Å². The van der Waals surface area contributed by atoms with Gasteiger partial charge in [-0.15, -0.1) is 0 Å². The van der Waals surface area contributed by atoms with Gasteiger partial charge in [0.25, 0.3) is 0 Å². The zero-order chi connectivity index (χ0) is 11.7. The van der Waals surface area contributed by atoms with Crippen molar-refractivity contribution in [3.8, 4) is 22.8 Å². The van der Waals surface area contributed by atoms with Crippen molar-refractivity contribution in [2.24, 2.45) is 0 Å². The maximum Gasteiger partial charge on any atom is 0.141 e. The summed E-state index contributed by atoms with van der Waals surface area (Å²) in [5, 5.41) is 19.5. The van der Waals surface area contributed by atoms with Gasteiger partial charge >= 0.3 is 0 Å². The molecule has 0 aliphatic rings. The summed E-state index contributed by atoms with van der Waals surface area (Å²) in [5.74, 6) is 0.207. The standard InChI is InChI=1S/C13H13NO2/c1-8-6-10(12(16)7-9(8)2)13-11(15)4-3-5-14-13/h3-7,15-16H,1-2H3. The number of rotatable bonds is 1. The Morgan fingerprint density at radius 3 is 2.38 bits per heavy atom. The second-order valence-electron chi connectivity index (χ2n) is 3.82. The fourth-order valence-corrected chi connectivity index (χ4v) is 1.59. The van der Waals surface area contributed by atoms with Crippen molar-refractivity contribution in [3.63, 3.8) is 0 Å². The van der Waals surface area contributed by atoms with Crippen molar-refractivity contribution in [2.45, 2.75) is 13.8 Å². The van der Waals surface area contributed by atoms with Gasteiger partial charge in [-0.05, 0) is 49.2 Å². The quantitative estimate of drug-likeness (QED) is 0.769. The minimum Gasteiger partial charge on any atom is -0.507 e. The monoisotopic (exact) mass is 215 g/mol. The Morgan fingerprint density at radius 1 is 1.00 bits per heavy atom. The van der Waals surface area contributed by atoms with Crippen LogP contribution in [-0.4, -0.2) is 15.2 Å². The highest BCUT2D eigenvalue weighted by atomic mass is 16.3. The summed E-state index contributed by atoms with van der Waals surface area (Å²) in [6.07, 6.45) is 1.59. The number of aromatic hydroxyl groups is 2. The van der Waals surface area contributed by atoms with E-state index >= 15 is 0 Å². The van der Waals surface area contributed by atoms with E-state index in [9.17, 15) is 10.2 Å². The minimum atomic E-state index is 0.0704. The van der Waals surface area contributed by atoms with Crippen LogP contribution in [0.2, 0.25) is 0 Å². The number of hydrogen-bond donors (Lipinski definition) is 2. The highest BCUT2D eigenvalue weighted by Crippen LogP contribution is 2.34. The molecular weight excluding hydrogens is 202 g/mol. The summed E-state index contributed by atoms with van der Waals surface area (Å²) < 4.78 is 0. The number of nitrogens with zero attached hydrogens (tertiary/aromatic N) is 1. The molecule has 0 bridgehead atoms. The van der Waals surface area contributed by atoms with Gasteiger partial charge in [0.15, 0.2) is 0 Å². The van der Waals surface area contributed by atoms with Crippen LogP contribution in [-0.2, 0) is 0 Å². The highest BCUT2D eigenvalue weighted by Gasteiger charge is 2.11. The second-order valence-corrected chi connectivity index (χ2v) is 3.82. The molecule has 3 nitrogen and oxygen atoms in total. The molecule has 0 radical (unpaired) electrons. The van der Waals surface area contributed by atoms with Gasteiger partial charge in [-0.1, -0.05) is 0 Å². The van der Waals surface area contributed by atoms with Crippen molar-refractivity contribution < 1.29 is 10.2 Å². The van der Waals surface area contributed by atoms with Crippen LogP contribution >= 0.6 is 0 Å². The molecule has 2 rings (SSSR count). The lowest BCUT2D eigenvalue weighted by molar-refractivity contribution is 0.467. The highest BCUT2D eigenvalue weighted by molar-refractivity contribution is 5.72. The van der Waals surface area contributed by atoms with E-state index in [4.69, 9.17) is 0 Å². The van der Waals surface area contributed by atoms with E-state index in [0.29, 0.717) is 11.3 Å². The molecule has 0 spiro atoms. The molecule has 0 saturated heterocycles. The summed E-state index contributed by atoms with van der Waals surface area (Å²) in [7, 11) is 0. The fourth-order valence-electron chi connectivity index (χ4n) is 1.59. The van der Waals surface area contributed by atoms with Gasteiger partial charge in [-0.25, -0.2) is 0 Å². The Hall–Kier alpha value is -2.03. The summed E-state index contributed by atoms with van der Waals surface area (Å²) in [5.41, 5.74) is 3.03. The molecule has 0 atom stereocenters. The third kappa shape index (κ3) is 1.72. The molecule has 0 aliphatic carbocycles. The smallest absolute Gasteiger partial charge is 0.141 e. The van der Waals surface area contributed by atoms with E-state index < -0.39 is 0 Å². The molecule has 0 unspecified atom stereocenters. The SMILES string of the molecule is Cc1cc(O)c(-c2ncccc2O)cc1C. The van der Waals surface area contributed by atoms with E-state index in [2.05, 4.69) is 4.98 Å². The van der Waals surface area contributed by atoms with Gasteiger partial charge in [0, 0.05) is 11.8 Å². The van der Waals surface area contributed by atoms with E-state index in [1.165, 1.54) is 0 Å². The number of pyridine rings is 1. The van der Waals surface area contributed by atoms with Crippen LogP contribution in [0, 0.1) is 13.8 Å². The van der Waals surface area contributed by atoms with Crippen LogP contribution in [0.25, 0.3) is 11.3 Å². The lowest BCUT2D eigenvalue weighted by atomic mass is 10.0. The Bertz CT molecular complexity index is 535. The lowest BCUT2D eigenvalue weighted by Crippen LogP contribution is -1.88. The fraction of sp³-hybridized carbons (Fsp3) is 0.154. The van der Waals surface area contributed by atoms with Gasteiger partial charge in [0.1, 0.15) is 17.2 Å². The molecule has 0 amide bonds. The Labute approximate surface area is 94.0 Å². The average Bonchev–Trinajstić information content (AvgIpc) is 2.25. The molecule has 82 valence electrons. The molecule has 1 heterocycles. The van der Waals surface area contributed by atoms with Gasteiger partial charge in [-0.3, -0.25) is 4.98 Å². The lowest BCUT2D eigenvalue weighted by Gasteiger charge is -2.09. The summed E-state index contributed by atoms with van der Waals surface area (Å²) >= 11 is 0. The van der Waals surface area contributed by atoms with Crippen LogP contribution in [0.15, 0.2) is 30.5 Å². The maximum absolute atomic E-state index is 9.84. The third-order valence-electron chi connectivity index (χ3n) is 2.65. The average molecular weight is 215 g/mol. The Morgan fingerprint density at radius 2 is 1.69 bits per heavy atom. The normalized spacial score (nSPS) is 10.4. The number of aryl methyl sites for hydroxylation is 2. The zero-order valence-corrected chi connectivity index (χ0v) is 9.23. The number of phenolic OH excluding ortho intramolecular Hbond substituents is 1. The van der Waals surface area contributed by atoms with Crippen molar-refractivity contribution in [1.82, 2.24) is 4.98 Å². The van der Waals surface area contributed by atoms with Crippen molar-refractivity contribution >= 4 is 0 Å². The van der Waals surface area contributed by atoms with Crippen LogP contribution < -0.4 is 0 Å². The zero-order valence-electron chi connectivity index (χ0n) is 9.23. The Balaban J connectivity index is 2.65. The summed E-state index contributed by atoms with van der Waals surface area (Å²) in [6, 6.07) is 6.71. The third-order valence-corrected chi connectivity index (χ3v) is 2.65. The number of hydrogen-bond acceptors (Lipinski definition) is 3. The number of benzene rings is 1. The molecule has 3 heteroatoms. The molecule has 2 N–H and O–H groups in total. The van der Waals surface area contributed by atoms with Gasteiger partial charge in [0.05, 0.1) is 0 Å². The number of aromatic nitrogens is 1. The van der Waals surface area contributed by atoms with Gasteiger partial charge in [0.2, 0.25) is 0 Å². The molecule has 0 fully saturated rings. The predicted octanol–water partition coefficient (Wildman–Crippen LogP) is 2.78. The molecule has 0 saturated carbocycles. The van der Waals surface area contributed by atoms with Gasteiger partial charge < -0.3 is 10.2 Å². The molecule has 1 aromatic heterocycles. The largest absolute Gasteiger partial charge is 0.507 e. The van der Waals surface area contributed by atoms with Crippen molar-refractivity contribution in [1.29, 1.82) is 0 Å². The van der Waals surface area contributed by atoms with E-state index in [-0.39, 0.29) is 11.5 Å². The number of phenols is 1. The molecule has 0 aliphatic heterocycles. The minimum absolute atomic E-state index is 0.0704. The molecule has 16 heavy (non-hydrogen) atoms. The van der Waals surface area contributed by atoms with E-state index in [1.54, 1.807) is 24.4 Å². The topological polar surface area (TPSA) is 53.4 Å². The first-order valence-corrected chi connectivity index (χ1v) is 5.04. The summed E-state index contributed by atoms with van der Waals surface area (Å²) in [4.78, 5) is 4.07. The second kappa shape index (κ2) is 3.85. The molecular formula is C13H13NO2. The van der Waals surface area contributed by atoms with Crippen LogP contribution in [0.3, 0.4) is 0 Å². The van der Waals surface area contributed by atoms with Crippen LogP contribution in [0.5, 0.6) is 11.5 Å². The maximum atomic E-state index is 9.84. The molecule has 2 aromatic rings. The predicted molar refractivity (Wildman–Crippen MR) is 62.5 cm³/mol. The van der Waals surface area contributed by atoms with Gasteiger partial charge in [-0.2, -0.15) is 0 Å². The van der Waals surface area contributed by atoms with Crippen LogP contribution in [0.1, 0.15) is 11.1 Å². The first kappa shape index (κ1) is 10.5. The first-order chi connectivity index (χ1) is 7.59. The van der Waals surface area contributed by atoms with E-state index in [0.717, 1.165) is 11.1 Å². The molecule has 1 aromatic carbocycles. The van der Waals surface area contributed by atoms with E-state index in [1.807, 2.05) is 19.9 Å². The van der Waals surface area contributed by atoms with Crippen molar-refractivity contribution in [3.05, 3.63) is 41.6 Å². The Kier molecular flexibility index (Phi) is 2.52. The summed E-state index contributed by atoms with van der Waals surface area (Å²) in [6.45, 7) is 3.88.